The first kappa shape index (κ1) is 11.2. The first-order chi connectivity index (χ1) is 7.70. The zero-order chi connectivity index (χ0) is 11.5. The number of nitrogens with one attached hydrogen (secondary N) is 1. The first-order valence-corrected chi connectivity index (χ1v) is 6.11. The Morgan fingerprint density at radius 1 is 1.38 bits per heavy atom. The van der Waals surface area contributed by atoms with Crippen LogP contribution in [-0.2, 0) is 6.54 Å². The molecule has 3 nitrogen and oxygen atoms in total. The largest absolute Gasteiger partial charge is 0.314 e. The standard InChI is InChI=1S/C12H15N3S/c1-8-4-9(2)11(14-5-8)12-15-10(6-13-3)7-16-12/h4-5,7,13H,6H2,1-3H3. The summed E-state index contributed by atoms with van der Waals surface area (Å²) in [6, 6.07) is 2.14. The van der Waals surface area contributed by atoms with E-state index in [2.05, 4.69) is 40.6 Å². The lowest BCUT2D eigenvalue weighted by Gasteiger charge is -2.01. The second-order valence-electron chi connectivity index (χ2n) is 3.85. The van der Waals surface area contributed by atoms with Crippen LogP contribution in [0.2, 0.25) is 0 Å². The van der Waals surface area contributed by atoms with Crippen LogP contribution in [0, 0.1) is 13.8 Å². The van der Waals surface area contributed by atoms with Crippen molar-refractivity contribution in [1.29, 1.82) is 0 Å². The molecule has 1 N–H and O–H groups in total. The Labute approximate surface area is 99.6 Å². The molecule has 0 aliphatic rings. The highest BCUT2D eigenvalue weighted by Gasteiger charge is 2.08. The zero-order valence-electron chi connectivity index (χ0n) is 9.74. The van der Waals surface area contributed by atoms with E-state index in [-0.39, 0.29) is 0 Å². The van der Waals surface area contributed by atoms with E-state index in [1.165, 1.54) is 11.1 Å². The lowest BCUT2D eigenvalue weighted by molar-refractivity contribution is 0.798. The van der Waals surface area contributed by atoms with Crippen molar-refractivity contribution in [1.82, 2.24) is 15.3 Å². The Kier molecular flexibility index (Phi) is 3.31. The smallest absolute Gasteiger partial charge is 0.142 e. The highest BCUT2D eigenvalue weighted by Crippen LogP contribution is 2.25. The fourth-order valence-electron chi connectivity index (χ4n) is 1.62. The van der Waals surface area contributed by atoms with Crippen molar-refractivity contribution >= 4 is 11.3 Å². The van der Waals surface area contributed by atoms with Crippen LogP contribution < -0.4 is 5.32 Å². The number of hydrogen-bond acceptors (Lipinski definition) is 4. The van der Waals surface area contributed by atoms with Gasteiger partial charge in [-0.3, -0.25) is 4.98 Å². The van der Waals surface area contributed by atoms with Gasteiger partial charge in [-0.1, -0.05) is 6.07 Å². The molecule has 0 radical (unpaired) electrons. The van der Waals surface area contributed by atoms with Crippen molar-refractivity contribution in [3.8, 4) is 10.7 Å². The molecule has 0 saturated carbocycles. The maximum atomic E-state index is 4.55. The maximum absolute atomic E-state index is 4.55. The second kappa shape index (κ2) is 4.72. The lowest BCUT2D eigenvalue weighted by Crippen LogP contribution is -2.05. The lowest BCUT2D eigenvalue weighted by atomic mass is 10.2. The summed E-state index contributed by atoms with van der Waals surface area (Å²) in [4.78, 5) is 9.00. The van der Waals surface area contributed by atoms with Gasteiger partial charge in [0.05, 0.1) is 5.69 Å². The summed E-state index contributed by atoms with van der Waals surface area (Å²) >= 11 is 1.65. The van der Waals surface area contributed by atoms with Gasteiger partial charge in [-0.05, 0) is 32.0 Å². The molecular weight excluding hydrogens is 218 g/mol. The summed E-state index contributed by atoms with van der Waals surface area (Å²) in [6.07, 6.45) is 1.89. The molecule has 0 aromatic carbocycles. The maximum Gasteiger partial charge on any atom is 0.142 e. The number of nitrogens with zero attached hydrogens (tertiary/aromatic N) is 2. The van der Waals surface area contributed by atoms with Gasteiger partial charge in [0.2, 0.25) is 0 Å². The van der Waals surface area contributed by atoms with Gasteiger partial charge in [-0.2, -0.15) is 0 Å². The van der Waals surface area contributed by atoms with E-state index in [4.69, 9.17) is 0 Å². The predicted octanol–water partition coefficient (Wildman–Crippen LogP) is 2.54. The minimum atomic E-state index is 0.807. The molecule has 0 bridgehead atoms. The number of pyridine rings is 1. The van der Waals surface area contributed by atoms with Crippen LogP contribution >= 0.6 is 11.3 Å². The number of aromatic nitrogens is 2. The Balaban J connectivity index is 2.35. The molecule has 0 aliphatic carbocycles. The summed E-state index contributed by atoms with van der Waals surface area (Å²) in [5.41, 5.74) is 4.45. The predicted molar refractivity (Wildman–Crippen MR) is 67.6 cm³/mol. The Morgan fingerprint density at radius 2 is 2.19 bits per heavy atom. The molecule has 0 fully saturated rings. The topological polar surface area (TPSA) is 37.8 Å². The van der Waals surface area contributed by atoms with E-state index >= 15 is 0 Å². The molecule has 2 aromatic rings. The van der Waals surface area contributed by atoms with Crippen LogP contribution in [0.3, 0.4) is 0 Å². The molecule has 0 aliphatic heterocycles. The van der Waals surface area contributed by atoms with E-state index in [1.54, 1.807) is 11.3 Å². The van der Waals surface area contributed by atoms with E-state index in [0.29, 0.717) is 0 Å². The Bertz CT molecular complexity index is 491. The molecule has 0 saturated heterocycles. The van der Waals surface area contributed by atoms with Crippen molar-refractivity contribution in [2.75, 3.05) is 7.05 Å². The summed E-state index contributed by atoms with van der Waals surface area (Å²) < 4.78 is 0. The van der Waals surface area contributed by atoms with Gasteiger partial charge in [0, 0.05) is 18.1 Å². The summed E-state index contributed by atoms with van der Waals surface area (Å²) in [5, 5.41) is 6.18. The molecule has 84 valence electrons. The van der Waals surface area contributed by atoms with Crippen LogP contribution in [0.4, 0.5) is 0 Å². The van der Waals surface area contributed by atoms with Crippen molar-refractivity contribution in [3.05, 3.63) is 34.5 Å². The third kappa shape index (κ3) is 2.28. The summed E-state index contributed by atoms with van der Waals surface area (Å²) in [7, 11) is 1.92. The van der Waals surface area contributed by atoms with Crippen molar-refractivity contribution in [3.63, 3.8) is 0 Å². The van der Waals surface area contributed by atoms with E-state index in [1.807, 2.05) is 13.2 Å². The van der Waals surface area contributed by atoms with Gasteiger partial charge < -0.3 is 5.32 Å². The Hall–Kier alpha value is -1.26. The fraction of sp³-hybridized carbons (Fsp3) is 0.333. The van der Waals surface area contributed by atoms with E-state index in [0.717, 1.165) is 22.9 Å². The third-order valence-electron chi connectivity index (χ3n) is 2.33. The molecule has 16 heavy (non-hydrogen) atoms. The molecule has 2 heterocycles. The van der Waals surface area contributed by atoms with Crippen molar-refractivity contribution in [2.24, 2.45) is 0 Å². The normalized spacial score (nSPS) is 10.7. The SMILES string of the molecule is CNCc1csc(-c2ncc(C)cc2C)n1. The molecule has 0 unspecified atom stereocenters. The highest BCUT2D eigenvalue weighted by atomic mass is 32.1. The minimum Gasteiger partial charge on any atom is -0.314 e. The number of aryl methyl sites for hydroxylation is 2. The van der Waals surface area contributed by atoms with Crippen LogP contribution in [0.1, 0.15) is 16.8 Å². The minimum absolute atomic E-state index is 0.807. The molecule has 4 heteroatoms. The molecule has 0 amide bonds. The van der Waals surface area contributed by atoms with Gasteiger partial charge in [0.25, 0.3) is 0 Å². The highest BCUT2D eigenvalue weighted by molar-refractivity contribution is 7.13. The third-order valence-corrected chi connectivity index (χ3v) is 3.23. The van der Waals surface area contributed by atoms with Crippen molar-refractivity contribution < 1.29 is 0 Å². The van der Waals surface area contributed by atoms with Crippen LogP contribution in [-0.4, -0.2) is 17.0 Å². The second-order valence-corrected chi connectivity index (χ2v) is 4.71. The van der Waals surface area contributed by atoms with Crippen LogP contribution in [0.5, 0.6) is 0 Å². The van der Waals surface area contributed by atoms with E-state index < -0.39 is 0 Å². The number of hydrogen-bond donors (Lipinski definition) is 1. The van der Waals surface area contributed by atoms with Crippen LogP contribution in [0.15, 0.2) is 17.6 Å². The average molecular weight is 233 g/mol. The molecule has 0 spiro atoms. The van der Waals surface area contributed by atoms with Gasteiger partial charge >= 0.3 is 0 Å². The Morgan fingerprint density at radius 3 is 2.88 bits per heavy atom. The summed E-state index contributed by atoms with van der Waals surface area (Å²) in [6.45, 7) is 4.94. The number of rotatable bonds is 3. The van der Waals surface area contributed by atoms with E-state index in [9.17, 15) is 0 Å². The van der Waals surface area contributed by atoms with Crippen molar-refractivity contribution in [2.45, 2.75) is 20.4 Å². The zero-order valence-corrected chi connectivity index (χ0v) is 10.6. The number of thiazole rings is 1. The molecular formula is C12H15N3S. The fourth-order valence-corrected chi connectivity index (χ4v) is 2.50. The molecule has 2 rings (SSSR count). The average Bonchev–Trinajstić information content (AvgIpc) is 2.67. The van der Waals surface area contributed by atoms with Gasteiger partial charge in [0.1, 0.15) is 10.7 Å². The quantitative estimate of drug-likeness (QED) is 0.885. The first-order valence-electron chi connectivity index (χ1n) is 5.23. The molecule has 0 atom stereocenters. The van der Waals surface area contributed by atoms with Crippen LogP contribution in [0.25, 0.3) is 10.7 Å². The van der Waals surface area contributed by atoms with Gasteiger partial charge in [-0.15, -0.1) is 11.3 Å². The molecule has 2 aromatic heterocycles. The monoisotopic (exact) mass is 233 g/mol. The van der Waals surface area contributed by atoms with Gasteiger partial charge in [-0.25, -0.2) is 4.98 Å². The summed E-state index contributed by atoms with van der Waals surface area (Å²) in [5.74, 6) is 0. The van der Waals surface area contributed by atoms with Gasteiger partial charge in [0.15, 0.2) is 0 Å².